The number of para-hydroxylation sites is 1. The Morgan fingerprint density at radius 3 is 2.40 bits per heavy atom. The maximum absolute atomic E-state index is 13.5. The van der Waals surface area contributed by atoms with Gasteiger partial charge in [-0.25, -0.2) is 4.39 Å². The first-order valence-corrected chi connectivity index (χ1v) is 8.36. The van der Waals surface area contributed by atoms with Gasteiger partial charge in [0.15, 0.2) is 0 Å². The van der Waals surface area contributed by atoms with Gasteiger partial charge in [-0.15, -0.1) is 0 Å². The van der Waals surface area contributed by atoms with Crippen molar-refractivity contribution < 1.29 is 14.0 Å². The fourth-order valence-corrected chi connectivity index (χ4v) is 2.55. The van der Waals surface area contributed by atoms with Gasteiger partial charge in [0, 0.05) is 12.2 Å². The third-order valence-corrected chi connectivity index (χ3v) is 3.85. The molecule has 132 valence electrons. The highest BCUT2D eigenvalue weighted by atomic mass is 19.1. The van der Waals surface area contributed by atoms with Gasteiger partial charge in [-0.05, 0) is 35.6 Å². The summed E-state index contributed by atoms with van der Waals surface area (Å²) in [7, 11) is 0. The molecule has 0 aliphatic heterocycles. The van der Waals surface area contributed by atoms with Crippen molar-refractivity contribution in [1.82, 2.24) is 5.32 Å². The first kappa shape index (κ1) is 18.6. The first-order chi connectivity index (χ1) is 12.0. The van der Waals surface area contributed by atoms with Gasteiger partial charge in [0.05, 0.1) is 0 Å². The van der Waals surface area contributed by atoms with Crippen molar-refractivity contribution in [3.8, 4) is 0 Å². The second-order valence-corrected chi connectivity index (χ2v) is 6.16. The molecule has 2 rings (SSSR count). The van der Waals surface area contributed by atoms with E-state index in [1.54, 1.807) is 18.2 Å². The number of carbonyl (C=O) groups excluding carboxylic acids is 2. The number of hydrogen-bond donors (Lipinski definition) is 2. The van der Waals surface area contributed by atoms with Gasteiger partial charge in [0.2, 0.25) is 11.8 Å². The highest BCUT2D eigenvalue weighted by Gasteiger charge is 2.12. The molecule has 0 saturated carbocycles. The van der Waals surface area contributed by atoms with Crippen molar-refractivity contribution in [2.24, 2.45) is 0 Å². The van der Waals surface area contributed by atoms with Crippen LogP contribution < -0.4 is 10.6 Å². The Labute approximate surface area is 147 Å². The number of carbonyl (C=O) groups is 2. The van der Waals surface area contributed by atoms with E-state index in [4.69, 9.17) is 0 Å². The molecule has 25 heavy (non-hydrogen) atoms. The number of anilines is 1. The largest absolute Gasteiger partial charge is 0.355 e. The van der Waals surface area contributed by atoms with Crippen LogP contribution >= 0.6 is 0 Å². The third kappa shape index (κ3) is 5.71. The number of halogens is 1. The van der Waals surface area contributed by atoms with Crippen LogP contribution in [0.3, 0.4) is 0 Å². The molecule has 0 saturated heterocycles. The van der Waals surface area contributed by atoms with E-state index in [9.17, 15) is 14.0 Å². The summed E-state index contributed by atoms with van der Waals surface area (Å²) in [6.45, 7) is 4.37. The van der Waals surface area contributed by atoms with E-state index in [-0.39, 0.29) is 36.5 Å². The molecule has 0 aromatic heterocycles. The minimum absolute atomic E-state index is 0.260. The lowest BCUT2D eigenvalue weighted by atomic mass is 10.0. The molecule has 5 heteroatoms. The molecular weight excluding hydrogens is 319 g/mol. The van der Waals surface area contributed by atoms with Crippen LogP contribution in [0.25, 0.3) is 0 Å². The molecule has 0 heterocycles. The van der Waals surface area contributed by atoms with Crippen LogP contribution in [0.2, 0.25) is 0 Å². The van der Waals surface area contributed by atoms with Crippen LogP contribution in [0.15, 0.2) is 48.5 Å². The summed E-state index contributed by atoms with van der Waals surface area (Å²) in [5, 5.41) is 5.43. The maximum Gasteiger partial charge on any atom is 0.233 e. The lowest BCUT2D eigenvalue weighted by Gasteiger charge is -2.13. The molecule has 2 amide bonds. The van der Waals surface area contributed by atoms with Crippen LogP contribution in [0.4, 0.5) is 10.1 Å². The van der Waals surface area contributed by atoms with Crippen molar-refractivity contribution in [3.05, 3.63) is 65.5 Å². The van der Waals surface area contributed by atoms with Gasteiger partial charge < -0.3 is 10.6 Å². The smallest absolute Gasteiger partial charge is 0.233 e. The van der Waals surface area contributed by atoms with E-state index in [0.29, 0.717) is 12.0 Å². The lowest BCUT2D eigenvalue weighted by Crippen LogP contribution is -2.30. The van der Waals surface area contributed by atoms with Crippen molar-refractivity contribution >= 4 is 17.5 Å². The summed E-state index contributed by atoms with van der Waals surface area (Å²) < 4.78 is 13.5. The second-order valence-electron chi connectivity index (χ2n) is 6.16. The second kappa shape index (κ2) is 8.97. The van der Waals surface area contributed by atoms with E-state index < -0.39 is 0 Å². The summed E-state index contributed by atoms with van der Waals surface area (Å²) in [5.41, 5.74) is 2.29. The minimum atomic E-state index is -0.379. The summed E-state index contributed by atoms with van der Waals surface area (Å²) in [5.74, 6) is -0.766. The molecule has 0 bridgehead atoms. The predicted octanol–water partition coefficient (Wildman–Crippen LogP) is 3.64. The summed E-state index contributed by atoms with van der Waals surface area (Å²) in [4.78, 5) is 23.9. The molecule has 2 aromatic rings. The topological polar surface area (TPSA) is 58.2 Å². The molecule has 0 radical (unpaired) electrons. The van der Waals surface area contributed by atoms with Gasteiger partial charge in [0.25, 0.3) is 0 Å². The van der Waals surface area contributed by atoms with E-state index in [1.165, 1.54) is 6.07 Å². The Kier molecular flexibility index (Phi) is 6.69. The zero-order chi connectivity index (χ0) is 18.2. The van der Waals surface area contributed by atoms with Crippen LogP contribution in [-0.4, -0.2) is 18.4 Å². The average molecular weight is 342 g/mol. The third-order valence-electron chi connectivity index (χ3n) is 3.85. The Morgan fingerprint density at radius 1 is 1.00 bits per heavy atom. The number of amides is 2. The van der Waals surface area contributed by atoms with E-state index in [1.807, 2.05) is 38.1 Å². The van der Waals surface area contributed by atoms with E-state index >= 15 is 0 Å². The summed E-state index contributed by atoms with van der Waals surface area (Å²) in [6, 6.07) is 14.0. The zero-order valence-electron chi connectivity index (χ0n) is 14.5. The van der Waals surface area contributed by atoms with Crippen LogP contribution in [0.1, 0.15) is 37.3 Å². The van der Waals surface area contributed by atoms with Gasteiger partial charge in [-0.2, -0.15) is 0 Å². The van der Waals surface area contributed by atoms with Crippen molar-refractivity contribution in [3.63, 3.8) is 0 Å². The molecule has 0 aliphatic carbocycles. The van der Waals surface area contributed by atoms with Gasteiger partial charge >= 0.3 is 0 Å². The average Bonchev–Trinajstić information content (AvgIpc) is 2.56. The standard InChI is InChI=1S/C20H23FN2O2/c1-14(2)16-8-4-6-10-18(16)23-20(25)13-19(24)22-12-11-15-7-3-5-9-17(15)21/h3-10,14H,11-13H2,1-2H3,(H,22,24)(H,23,25). The molecule has 0 fully saturated rings. The highest BCUT2D eigenvalue weighted by molar-refractivity contribution is 6.03. The van der Waals surface area contributed by atoms with E-state index in [0.717, 1.165) is 11.3 Å². The van der Waals surface area contributed by atoms with Crippen LogP contribution in [0.5, 0.6) is 0 Å². The molecule has 0 unspecified atom stereocenters. The maximum atomic E-state index is 13.5. The molecule has 4 nitrogen and oxygen atoms in total. The first-order valence-electron chi connectivity index (χ1n) is 8.36. The minimum Gasteiger partial charge on any atom is -0.355 e. The number of nitrogens with one attached hydrogen (secondary N) is 2. The highest BCUT2D eigenvalue weighted by Crippen LogP contribution is 2.23. The van der Waals surface area contributed by atoms with Crippen LogP contribution in [-0.2, 0) is 16.0 Å². The zero-order valence-corrected chi connectivity index (χ0v) is 14.5. The summed E-state index contributed by atoms with van der Waals surface area (Å²) in [6.07, 6.45) is 0.125. The fourth-order valence-electron chi connectivity index (χ4n) is 2.55. The number of rotatable bonds is 7. The van der Waals surface area contributed by atoms with Crippen molar-refractivity contribution in [2.75, 3.05) is 11.9 Å². The Balaban J connectivity index is 1.81. The van der Waals surface area contributed by atoms with E-state index in [2.05, 4.69) is 10.6 Å². The quantitative estimate of drug-likeness (QED) is 0.755. The molecule has 0 aliphatic rings. The van der Waals surface area contributed by atoms with Crippen LogP contribution in [0, 0.1) is 5.82 Å². The number of hydrogen-bond acceptors (Lipinski definition) is 2. The Morgan fingerprint density at radius 2 is 1.68 bits per heavy atom. The van der Waals surface area contributed by atoms with Crippen molar-refractivity contribution in [2.45, 2.75) is 32.6 Å². The van der Waals surface area contributed by atoms with Gasteiger partial charge in [-0.1, -0.05) is 50.2 Å². The normalized spacial score (nSPS) is 10.6. The lowest BCUT2D eigenvalue weighted by molar-refractivity contribution is -0.126. The van der Waals surface area contributed by atoms with Gasteiger partial charge in [0.1, 0.15) is 12.2 Å². The summed E-state index contributed by atoms with van der Waals surface area (Å²) >= 11 is 0. The Hall–Kier alpha value is -2.69. The van der Waals surface area contributed by atoms with Crippen molar-refractivity contribution in [1.29, 1.82) is 0 Å². The monoisotopic (exact) mass is 342 g/mol. The molecule has 0 spiro atoms. The molecular formula is C20H23FN2O2. The Bertz CT molecular complexity index is 744. The molecule has 0 atom stereocenters. The fraction of sp³-hybridized carbons (Fsp3) is 0.300. The SMILES string of the molecule is CC(C)c1ccccc1NC(=O)CC(=O)NCCc1ccccc1F. The molecule has 2 aromatic carbocycles. The van der Waals surface area contributed by atoms with Gasteiger partial charge in [-0.3, -0.25) is 9.59 Å². The molecule has 2 N–H and O–H groups in total. The number of benzene rings is 2. The predicted molar refractivity (Wildman–Crippen MR) is 96.9 cm³/mol.